The number of hydrogen-bond acceptors (Lipinski definition) is 0. The first kappa shape index (κ1) is 17.3. The largest absolute Gasteiger partial charge is 0.129 e. The Morgan fingerprint density at radius 2 is 1.78 bits per heavy atom. The summed E-state index contributed by atoms with van der Waals surface area (Å²) in [5.74, 6) is 3.84. The van der Waals surface area contributed by atoms with Gasteiger partial charge in [0.2, 0.25) is 0 Å². The monoisotopic (exact) mass is 314 g/mol. The Labute approximate surface area is 144 Å². The fourth-order valence-electron chi connectivity index (χ4n) is 6.78. The number of fused-ring (bicyclic) bond motifs is 1. The van der Waals surface area contributed by atoms with E-state index in [1.165, 1.54) is 64.2 Å². The minimum absolute atomic E-state index is 0.441. The van der Waals surface area contributed by atoms with Crippen molar-refractivity contribution in [3.8, 4) is 0 Å². The third-order valence-electron chi connectivity index (χ3n) is 8.77. The van der Waals surface area contributed by atoms with Gasteiger partial charge >= 0.3 is 0 Å². The first-order valence-electron chi connectivity index (χ1n) is 10.4. The van der Waals surface area contributed by atoms with Crippen LogP contribution < -0.4 is 0 Å². The molecule has 0 saturated heterocycles. The maximum absolute atomic E-state index is 3.98. The van der Waals surface area contributed by atoms with Gasteiger partial charge in [0.1, 0.15) is 0 Å². The van der Waals surface area contributed by atoms with Crippen LogP contribution in [0.2, 0.25) is 0 Å². The van der Waals surface area contributed by atoms with Gasteiger partial charge in [-0.1, -0.05) is 47.1 Å². The summed E-state index contributed by atoms with van der Waals surface area (Å²) in [5, 5.41) is 0. The molecule has 3 rings (SSSR count). The number of allylic oxidation sites excluding steroid dienone is 1. The fraction of sp³-hybridized carbons (Fsp3) is 0.870. The van der Waals surface area contributed by atoms with Crippen LogP contribution in [0.15, 0.2) is 17.9 Å². The zero-order chi connectivity index (χ0) is 16.7. The lowest BCUT2D eigenvalue weighted by Crippen LogP contribution is -2.44. The van der Waals surface area contributed by atoms with E-state index in [1.807, 2.05) is 0 Å². The molecule has 0 aromatic heterocycles. The van der Waals surface area contributed by atoms with Crippen LogP contribution in [-0.4, -0.2) is 0 Å². The smallest absolute Gasteiger partial charge is 0.00122 e. The van der Waals surface area contributed by atoms with Gasteiger partial charge in [0.25, 0.3) is 0 Å². The SMILES string of the molecule is C=C=C1CCC2CC(C3(C)CCC(CC)CC3CC)CCC12C. The van der Waals surface area contributed by atoms with E-state index in [2.05, 4.69) is 40.0 Å². The molecule has 0 nitrogen and oxygen atoms in total. The number of hydrogen-bond donors (Lipinski definition) is 0. The highest BCUT2D eigenvalue weighted by Gasteiger charge is 2.52. The van der Waals surface area contributed by atoms with Crippen LogP contribution >= 0.6 is 0 Å². The maximum atomic E-state index is 3.98. The normalized spacial score (nSPS) is 47.2. The molecule has 6 atom stereocenters. The van der Waals surface area contributed by atoms with E-state index in [0.29, 0.717) is 10.8 Å². The molecule has 3 aliphatic carbocycles. The maximum Gasteiger partial charge on any atom is -0.00122 e. The van der Waals surface area contributed by atoms with Crippen molar-refractivity contribution in [3.63, 3.8) is 0 Å². The molecule has 0 aliphatic heterocycles. The van der Waals surface area contributed by atoms with Crippen LogP contribution in [0, 0.1) is 34.5 Å². The molecule has 130 valence electrons. The van der Waals surface area contributed by atoms with Gasteiger partial charge in [0.15, 0.2) is 0 Å². The van der Waals surface area contributed by atoms with E-state index in [0.717, 1.165) is 23.7 Å². The Morgan fingerprint density at radius 1 is 1.00 bits per heavy atom. The first-order valence-corrected chi connectivity index (χ1v) is 10.4. The van der Waals surface area contributed by atoms with E-state index in [1.54, 1.807) is 5.57 Å². The van der Waals surface area contributed by atoms with E-state index in [4.69, 9.17) is 0 Å². The zero-order valence-corrected chi connectivity index (χ0v) is 16.1. The van der Waals surface area contributed by atoms with Gasteiger partial charge in [-0.15, -0.1) is 5.73 Å². The van der Waals surface area contributed by atoms with Gasteiger partial charge in [-0.05, 0) is 91.4 Å². The van der Waals surface area contributed by atoms with Crippen LogP contribution in [0.5, 0.6) is 0 Å². The molecule has 0 aromatic carbocycles. The topological polar surface area (TPSA) is 0 Å². The van der Waals surface area contributed by atoms with Crippen LogP contribution in [0.1, 0.15) is 91.9 Å². The molecule has 3 aliphatic rings. The Bertz CT molecular complexity index is 482. The summed E-state index contributed by atoms with van der Waals surface area (Å²) >= 11 is 0. The highest BCUT2D eigenvalue weighted by Crippen LogP contribution is 2.62. The van der Waals surface area contributed by atoms with Crippen molar-refractivity contribution in [2.75, 3.05) is 0 Å². The molecule has 0 heteroatoms. The van der Waals surface area contributed by atoms with Gasteiger partial charge in [-0.25, -0.2) is 0 Å². The van der Waals surface area contributed by atoms with Gasteiger partial charge in [-0.2, -0.15) is 0 Å². The third kappa shape index (κ3) is 2.76. The molecule has 23 heavy (non-hydrogen) atoms. The average molecular weight is 315 g/mol. The van der Waals surface area contributed by atoms with Crippen molar-refractivity contribution in [2.45, 2.75) is 91.9 Å². The van der Waals surface area contributed by atoms with Crippen molar-refractivity contribution in [2.24, 2.45) is 34.5 Å². The van der Waals surface area contributed by atoms with Crippen molar-refractivity contribution in [1.82, 2.24) is 0 Å². The molecule has 3 fully saturated rings. The van der Waals surface area contributed by atoms with Gasteiger partial charge in [0, 0.05) is 0 Å². The summed E-state index contributed by atoms with van der Waals surface area (Å²) in [6, 6.07) is 0. The summed E-state index contributed by atoms with van der Waals surface area (Å²) in [7, 11) is 0. The van der Waals surface area contributed by atoms with E-state index < -0.39 is 0 Å². The van der Waals surface area contributed by atoms with Crippen LogP contribution in [0.4, 0.5) is 0 Å². The molecule has 0 N–H and O–H groups in total. The molecule has 6 unspecified atom stereocenters. The molecule has 0 amide bonds. The van der Waals surface area contributed by atoms with E-state index in [9.17, 15) is 0 Å². The van der Waals surface area contributed by atoms with Gasteiger partial charge in [0.05, 0.1) is 0 Å². The van der Waals surface area contributed by atoms with Crippen molar-refractivity contribution in [3.05, 3.63) is 17.9 Å². The summed E-state index contributed by atoms with van der Waals surface area (Å²) in [6.45, 7) is 14.0. The summed E-state index contributed by atoms with van der Waals surface area (Å²) in [6.07, 6.45) is 14.2. The van der Waals surface area contributed by atoms with Crippen LogP contribution in [0.3, 0.4) is 0 Å². The molecule has 0 radical (unpaired) electrons. The highest BCUT2D eigenvalue weighted by atomic mass is 14.6. The predicted molar refractivity (Wildman–Crippen MR) is 100 cm³/mol. The Kier molecular flexibility index (Phi) is 4.85. The van der Waals surface area contributed by atoms with Crippen LogP contribution in [0.25, 0.3) is 0 Å². The second-order valence-electron chi connectivity index (χ2n) is 9.44. The second-order valence-corrected chi connectivity index (χ2v) is 9.44. The Hall–Kier alpha value is -0.480. The minimum Gasteiger partial charge on any atom is -0.129 e. The lowest BCUT2D eigenvalue weighted by Gasteiger charge is -2.53. The molecule has 0 bridgehead atoms. The highest BCUT2D eigenvalue weighted by molar-refractivity contribution is 5.21. The lowest BCUT2D eigenvalue weighted by molar-refractivity contribution is -0.0285. The standard InChI is InChI=1S/C23H38/c1-6-17-11-13-23(5,19(8-3)15-17)21-12-14-22(4)18(7-2)9-10-20(22)16-21/h17,19-21H,2,6,8-16H2,1,3-5H3. The minimum atomic E-state index is 0.441. The Morgan fingerprint density at radius 3 is 2.43 bits per heavy atom. The number of rotatable bonds is 3. The zero-order valence-electron chi connectivity index (χ0n) is 16.1. The Balaban J connectivity index is 1.77. The molecule has 0 spiro atoms. The van der Waals surface area contributed by atoms with Crippen molar-refractivity contribution in [1.29, 1.82) is 0 Å². The quantitative estimate of drug-likeness (QED) is 0.485. The van der Waals surface area contributed by atoms with Crippen LogP contribution in [-0.2, 0) is 0 Å². The van der Waals surface area contributed by atoms with E-state index in [-0.39, 0.29) is 0 Å². The van der Waals surface area contributed by atoms with Crippen molar-refractivity contribution < 1.29 is 0 Å². The predicted octanol–water partition coefficient (Wildman–Crippen LogP) is 7.16. The van der Waals surface area contributed by atoms with Gasteiger partial charge < -0.3 is 0 Å². The fourth-order valence-corrected chi connectivity index (χ4v) is 6.78. The lowest BCUT2D eigenvalue weighted by atomic mass is 9.51. The first-order chi connectivity index (χ1) is 11.0. The van der Waals surface area contributed by atoms with Crippen molar-refractivity contribution >= 4 is 0 Å². The van der Waals surface area contributed by atoms with E-state index >= 15 is 0 Å². The molecular weight excluding hydrogens is 276 g/mol. The summed E-state index contributed by atoms with van der Waals surface area (Å²) in [4.78, 5) is 0. The molecule has 0 aromatic rings. The average Bonchev–Trinajstić information content (AvgIpc) is 2.90. The third-order valence-corrected chi connectivity index (χ3v) is 8.77. The molecular formula is C23H38. The molecule has 3 saturated carbocycles. The summed E-state index contributed by atoms with van der Waals surface area (Å²) in [5.41, 5.74) is 5.91. The summed E-state index contributed by atoms with van der Waals surface area (Å²) < 4.78 is 0. The molecule has 0 heterocycles. The second kappa shape index (κ2) is 6.44. The van der Waals surface area contributed by atoms with Gasteiger partial charge in [-0.3, -0.25) is 0 Å².